The van der Waals surface area contributed by atoms with Gasteiger partial charge < -0.3 is 14.6 Å². The second-order valence-corrected chi connectivity index (χ2v) is 8.29. The molecule has 0 aliphatic heterocycles. The van der Waals surface area contributed by atoms with Crippen LogP contribution in [0.15, 0.2) is 40.0 Å². The molecule has 29 heavy (non-hydrogen) atoms. The molecule has 1 aromatic carbocycles. The number of carbonyl (C=O) groups is 2. The van der Waals surface area contributed by atoms with Crippen LogP contribution < -0.4 is 5.32 Å². The van der Waals surface area contributed by atoms with E-state index in [4.69, 9.17) is 4.42 Å². The zero-order valence-corrected chi connectivity index (χ0v) is 17.6. The fourth-order valence-corrected chi connectivity index (χ4v) is 4.43. The van der Waals surface area contributed by atoms with Crippen molar-refractivity contribution in [3.8, 4) is 0 Å². The first kappa shape index (κ1) is 21.5. The summed E-state index contributed by atoms with van der Waals surface area (Å²) in [5.41, 5.74) is 0.997. The maximum atomic E-state index is 13.3. The molecule has 1 aliphatic rings. The molecule has 0 radical (unpaired) electrons. The van der Waals surface area contributed by atoms with Crippen LogP contribution in [0.1, 0.15) is 48.4 Å². The number of amides is 1. The maximum absolute atomic E-state index is 13.3. The second-order valence-electron chi connectivity index (χ2n) is 7.24. The van der Waals surface area contributed by atoms with Gasteiger partial charge in [-0.3, -0.25) is 9.59 Å². The number of ketones is 1. The van der Waals surface area contributed by atoms with Crippen molar-refractivity contribution < 1.29 is 14.0 Å². The lowest BCUT2D eigenvalue weighted by atomic mass is 9.91. The Balaban J connectivity index is 1.81. The number of hydrogen-bond donors (Lipinski definition) is 1. The molecule has 2 aromatic rings. The molecule has 1 amide bonds. The molecule has 1 N–H and O–H groups in total. The summed E-state index contributed by atoms with van der Waals surface area (Å²) >= 11 is 1.40. The van der Waals surface area contributed by atoms with Gasteiger partial charge in [-0.25, -0.2) is 0 Å². The van der Waals surface area contributed by atoms with Crippen LogP contribution in [0.25, 0.3) is 0 Å². The van der Waals surface area contributed by atoms with Crippen LogP contribution in [0.5, 0.6) is 0 Å². The minimum atomic E-state index is -0.645. The molecule has 0 bridgehead atoms. The molecule has 1 aromatic heterocycles. The van der Waals surface area contributed by atoms with Gasteiger partial charge in [0.05, 0.1) is 0 Å². The van der Waals surface area contributed by atoms with Crippen molar-refractivity contribution in [2.24, 2.45) is 0 Å². The Bertz CT molecular complexity index is 777. The van der Waals surface area contributed by atoms with Gasteiger partial charge in [-0.2, -0.15) is 0 Å². The number of thioether (sulfide) groups is 1. The topological polar surface area (TPSA) is 88.3 Å². The standard InChI is InChI=1S/C21H28N4O3S/c1-22-12-13-29-21-24-23-20(28-21)19(27)18(14-16-8-4-2-5-9-16)25(15-26)17-10-6-3-7-11-17/h2,4-5,8-9,15,17-18,22H,3,6-7,10-14H2,1H3/t18-/m0/s1. The van der Waals surface area contributed by atoms with Gasteiger partial charge in [-0.05, 0) is 25.5 Å². The number of aromatic nitrogens is 2. The summed E-state index contributed by atoms with van der Waals surface area (Å²) in [4.78, 5) is 27.1. The van der Waals surface area contributed by atoms with Crippen LogP contribution in [0.2, 0.25) is 0 Å². The molecule has 0 spiro atoms. The van der Waals surface area contributed by atoms with Crippen molar-refractivity contribution in [3.63, 3.8) is 0 Å². The number of benzene rings is 1. The summed E-state index contributed by atoms with van der Waals surface area (Å²) in [5, 5.41) is 11.4. The molecule has 0 unspecified atom stereocenters. The monoisotopic (exact) mass is 416 g/mol. The Morgan fingerprint density at radius 3 is 2.72 bits per heavy atom. The van der Waals surface area contributed by atoms with Crippen molar-refractivity contribution in [2.75, 3.05) is 19.3 Å². The third-order valence-corrected chi connectivity index (χ3v) is 6.07. The van der Waals surface area contributed by atoms with E-state index in [1.165, 1.54) is 18.2 Å². The van der Waals surface area contributed by atoms with Crippen molar-refractivity contribution in [2.45, 2.75) is 55.8 Å². The van der Waals surface area contributed by atoms with E-state index in [1.54, 1.807) is 4.90 Å². The van der Waals surface area contributed by atoms with E-state index in [0.717, 1.165) is 50.0 Å². The van der Waals surface area contributed by atoms with E-state index in [1.807, 2.05) is 37.4 Å². The lowest BCUT2D eigenvalue weighted by molar-refractivity contribution is -0.122. The molecule has 7 nitrogen and oxygen atoms in total. The van der Waals surface area contributed by atoms with Gasteiger partial charge in [0.2, 0.25) is 12.2 Å². The van der Waals surface area contributed by atoms with Gasteiger partial charge in [0, 0.05) is 24.8 Å². The van der Waals surface area contributed by atoms with Crippen molar-refractivity contribution in [3.05, 3.63) is 41.8 Å². The third kappa shape index (κ3) is 5.90. The van der Waals surface area contributed by atoms with Crippen LogP contribution in [-0.4, -0.2) is 58.7 Å². The Kier molecular flexibility index (Phi) is 8.25. The number of carbonyl (C=O) groups excluding carboxylic acids is 2. The lowest BCUT2D eigenvalue weighted by Gasteiger charge is -2.36. The molecule has 8 heteroatoms. The molecule has 1 heterocycles. The summed E-state index contributed by atoms with van der Waals surface area (Å²) in [6.07, 6.45) is 6.43. The van der Waals surface area contributed by atoms with E-state index in [0.29, 0.717) is 11.6 Å². The Morgan fingerprint density at radius 2 is 2.03 bits per heavy atom. The quantitative estimate of drug-likeness (QED) is 0.261. The molecule has 156 valence electrons. The van der Waals surface area contributed by atoms with Gasteiger partial charge >= 0.3 is 0 Å². The number of rotatable bonds is 11. The van der Waals surface area contributed by atoms with E-state index < -0.39 is 6.04 Å². The summed E-state index contributed by atoms with van der Waals surface area (Å²) in [6, 6.07) is 9.18. The molecular formula is C21H28N4O3S. The zero-order valence-electron chi connectivity index (χ0n) is 16.8. The highest BCUT2D eigenvalue weighted by molar-refractivity contribution is 7.99. The predicted octanol–water partition coefficient (Wildman–Crippen LogP) is 2.97. The summed E-state index contributed by atoms with van der Waals surface area (Å²) < 4.78 is 5.61. The van der Waals surface area contributed by atoms with E-state index in [9.17, 15) is 9.59 Å². The highest BCUT2D eigenvalue weighted by Crippen LogP contribution is 2.26. The Labute approximate surface area is 175 Å². The largest absolute Gasteiger partial charge is 0.408 e. The zero-order chi connectivity index (χ0) is 20.5. The van der Waals surface area contributed by atoms with Crippen molar-refractivity contribution in [1.82, 2.24) is 20.4 Å². The third-order valence-electron chi connectivity index (χ3n) is 5.25. The van der Waals surface area contributed by atoms with Crippen molar-refractivity contribution >= 4 is 24.0 Å². The van der Waals surface area contributed by atoms with Gasteiger partial charge in [0.1, 0.15) is 6.04 Å². The molecule has 0 saturated heterocycles. The molecular weight excluding hydrogens is 388 g/mol. The Morgan fingerprint density at radius 1 is 1.28 bits per heavy atom. The fraction of sp³-hybridized carbons (Fsp3) is 0.524. The molecule has 1 aliphatic carbocycles. The van der Waals surface area contributed by atoms with Gasteiger partial charge in [-0.15, -0.1) is 10.2 Å². The first-order valence-corrected chi connectivity index (χ1v) is 11.1. The van der Waals surface area contributed by atoms with Crippen LogP contribution in [0.3, 0.4) is 0 Å². The summed E-state index contributed by atoms with van der Waals surface area (Å²) in [5.74, 6) is 0.447. The first-order chi connectivity index (χ1) is 14.2. The van der Waals surface area contributed by atoms with Gasteiger partial charge in [-0.1, -0.05) is 61.4 Å². The molecule has 1 fully saturated rings. The number of hydrogen-bond acceptors (Lipinski definition) is 7. The fourth-order valence-electron chi connectivity index (χ4n) is 3.71. The van der Waals surface area contributed by atoms with Crippen LogP contribution in [-0.2, 0) is 11.2 Å². The SMILES string of the molecule is CNCCSc1nnc(C(=O)[C@H](Cc2ccccc2)N(C=O)C2CCCCC2)o1. The normalized spacial score (nSPS) is 15.8. The highest BCUT2D eigenvalue weighted by Gasteiger charge is 2.34. The molecule has 1 atom stereocenters. The minimum absolute atomic E-state index is 0.0273. The van der Waals surface area contributed by atoms with E-state index in [2.05, 4.69) is 15.5 Å². The predicted molar refractivity (Wildman–Crippen MR) is 112 cm³/mol. The average molecular weight is 417 g/mol. The van der Waals surface area contributed by atoms with Crippen LogP contribution >= 0.6 is 11.8 Å². The number of Topliss-reactive ketones (excluding diaryl/α,β-unsaturated/α-hetero) is 1. The smallest absolute Gasteiger partial charge is 0.286 e. The maximum Gasteiger partial charge on any atom is 0.286 e. The summed E-state index contributed by atoms with van der Waals surface area (Å²) in [7, 11) is 1.87. The van der Waals surface area contributed by atoms with Crippen molar-refractivity contribution in [1.29, 1.82) is 0 Å². The van der Waals surface area contributed by atoms with E-state index >= 15 is 0 Å². The van der Waals surface area contributed by atoms with E-state index in [-0.39, 0.29) is 17.7 Å². The number of nitrogens with zero attached hydrogens (tertiary/aromatic N) is 3. The Hall–Kier alpha value is -2.19. The van der Waals surface area contributed by atoms with Gasteiger partial charge in [0.25, 0.3) is 11.1 Å². The minimum Gasteiger partial charge on any atom is -0.408 e. The number of nitrogens with one attached hydrogen (secondary N) is 1. The highest BCUT2D eigenvalue weighted by atomic mass is 32.2. The second kappa shape index (κ2) is 11.1. The lowest BCUT2D eigenvalue weighted by Crippen LogP contribution is -2.48. The average Bonchev–Trinajstić information content (AvgIpc) is 3.24. The van der Waals surface area contributed by atoms with Crippen LogP contribution in [0, 0.1) is 0 Å². The molecule has 1 saturated carbocycles. The molecule has 3 rings (SSSR count). The van der Waals surface area contributed by atoms with Crippen LogP contribution in [0.4, 0.5) is 0 Å². The van der Waals surface area contributed by atoms with Gasteiger partial charge in [0.15, 0.2) is 0 Å². The summed E-state index contributed by atoms with van der Waals surface area (Å²) in [6.45, 7) is 0.799. The first-order valence-electron chi connectivity index (χ1n) is 10.1.